The van der Waals surface area contributed by atoms with Crippen LogP contribution in [0, 0.1) is 12.3 Å². The van der Waals surface area contributed by atoms with E-state index in [-0.39, 0.29) is 28.4 Å². The van der Waals surface area contributed by atoms with Crippen molar-refractivity contribution in [2.75, 3.05) is 5.32 Å². The average Bonchev–Trinajstić information content (AvgIpc) is 3.29. The monoisotopic (exact) mass is 527 g/mol. The molecule has 3 N–H and O–H groups in total. The fourth-order valence-electron chi connectivity index (χ4n) is 3.60. The number of amides is 1. The second kappa shape index (κ2) is 9.90. The summed E-state index contributed by atoms with van der Waals surface area (Å²) in [5, 5.41) is 19.8. The molecule has 11 heteroatoms. The minimum absolute atomic E-state index is 0.00120. The summed E-state index contributed by atoms with van der Waals surface area (Å²) in [7, 11) is 0. The Morgan fingerprint density at radius 2 is 1.73 bits per heavy atom. The van der Waals surface area contributed by atoms with Crippen LogP contribution in [0.2, 0.25) is 5.02 Å². The van der Waals surface area contributed by atoms with Crippen LogP contribution < -0.4 is 5.32 Å². The van der Waals surface area contributed by atoms with Crippen molar-refractivity contribution in [3.63, 3.8) is 0 Å². The van der Waals surface area contributed by atoms with E-state index in [2.05, 4.69) is 10.3 Å². The van der Waals surface area contributed by atoms with Gasteiger partial charge in [0, 0.05) is 16.7 Å². The Morgan fingerprint density at radius 3 is 2.32 bits per heavy atom. The van der Waals surface area contributed by atoms with Crippen LogP contribution in [0.5, 0.6) is 0 Å². The first-order valence-electron chi connectivity index (χ1n) is 10.6. The van der Waals surface area contributed by atoms with E-state index in [1.54, 1.807) is 13.0 Å². The summed E-state index contributed by atoms with van der Waals surface area (Å²) < 4.78 is 46.3. The van der Waals surface area contributed by atoms with Gasteiger partial charge in [-0.25, -0.2) is 9.78 Å². The van der Waals surface area contributed by atoms with Gasteiger partial charge in [0.2, 0.25) is 5.89 Å². The number of halogens is 4. The predicted molar refractivity (Wildman–Crippen MR) is 130 cm³/mol. The van der Waals surface area contributed by atoms with Crippen molar-refractivity contribution >= 4 is 34.9 Å². The third-order valence-electron chi connectivity index (χ3n) is 5.37. The van der Waals surface area contributed by atoms with Gasteiger partial charge in [-0.2, -0.15) is 13.2 Å². The Morgan fingerprint density at radius 1 is 1.05 bits per heavy atom. The van der Waals surface area contributed by atoms with Gasteiger partial charge in [-0.15, -0.1) is 0 Å². The number of carbonyl (C=O) groups is 2. The molecule has 0 radical (unpaired) electrons. The van der Waals surface area contributed by atoms with Gasteiger partial charge in [-0.3, -0.25) is 10.2 Å². The molecule has 4 rings (SSSR count). The Bertz CT molecular complexity index is 1530. The topological polar surface area (TPSA) is 116 Å². The molecular formula is C26H17ClF3N3O4. The van der Waals surface area contributed by atoms with E-state index in [9.17, 15) is 22.8 Å². The first-order valence-corrected chi connectivity index (χ1v) is 11.0. The van der Waals surface area contributed by atoms with E-state index in [4.69, 9.17) is 26.5 Å². The third-order valence-corrected chi connectivity index (χ3v) is 5.69. The van der Waals surface area contributed by atoms with Crippen LogP contribution in [0.15, 0.2) is 71.3 Å². The predicted octanol–water partition coefficient (Wildman–Crippen LogP) is 6.69. The number of oxazole rings is 1. The van der Waals surface area contributed by atoms with E-state index in [0.717, 1.165) is 12.1 Å². The summed E-state index contributed by atoms with van der Waals surface area (Å²) in [6.45, 7) is 1.68. The van der Waals surface area contributed by atoms with E-state index in [1.807, 2.05) is 0 Å². The highest BCUT2D eigenvalue weighted by molar-refractivity contribution is 6.34. The van der Waals surface area contributed by atoms with E-state index in [1.165, 1.54) is 48.7 Å². The quantitative estimate of drug-likeness (QED) is 0.242. The number of aryl methyl sites for hydroxylation is 1. The molecule has 1 amide bonds. The molecule has 4 aromatic rings. The number of hydrogen-bond acceptors (Lipinski definition) is 5. The summed E-state index contributed by atoms with van der Waals surface area (Å²) in [6.07, 6.45) is -3.36. The van der Waals surface area contributed by atoms with Crippen molar-refractivity contribution in [1.29, 1.82) is 5.41 Å². The van der Waals surface area contributed by atoms with E-state index in [0.29, 0.717) is 16.9 Å². The largest absolute Gasteiger partial charge is 0.478 e. The number of nitrogens with zero attached hydrogens (tertiary/aromatic N) is 1. The number of benzene rings is 3. The number of alkyl halides is 3. The molecule has 7 nitrogen and oxygen atoms in total. The number of rotatable bonds is 6. The first-order chi connectivity index (χ1) is 17.5. The maximum atomic E-state index is 13.6. The molecular weight excluding hydrogens is 511 g/mol. The molecule has 0 bridgehead atoms. The normalized spacial score (nSPS) is 11.3. The maximum absolute atomic E-state index is 13.6. The smallest absolute Gasteiger partial charge is 0.417 e. The number of hydrogen-bond donors (Lipinski definition) is 3. The van der Waals surface area contributed by atoms with Crippen LogP contribution in [-0.2, 0) is 6.18 Å². The van der Waals surface area contributed by atoms with Crippen LogP contribution >= 0.6 is 11.6 Å². The summed E-state index contributed by atoms with van der Waals surface area (Å²) in [5.41, 5.74) is -1.21. The lowest BCUT2D eigenvalue weighted by Crippen LogP contribution is -2.20. The minimum Gasteiger partial charge on any atom is -0.478 e. The fraction of sp³-hybridized carbons (Fsp3) is 0.0769. The molecule has 1 aromatic heterocycles. The Labute approximate surface area is 213 Å². The number of anilines is 1. The molecule has 37 heavy (non-hydrogen) atoms. The molecule has 188 valence electrons. The Balaban J connectivity index is 1.80. The van der Waals surface area contributed by atoms with Gasteiger partial charge < -0.3 is 14.8 Å². The number of aromatic carboxylic acids is 1. The second-order valence-electron chi connectivity index (χ2n) is 7.91. The molecule has 0 fully saturated rings. The lowest BCUT2D eigenvalue weighted by Gasteiger charge is -2.17. The zero-order valence-corrected chi connectivity index (χ0v) is 19.7. The zero-order chi connectivity index (χ0) is 26.9. The highest BCUT2D eigenvalue weighted by atomic mass is 35.5. The van der Waals surface area contributed by atoms with Crippen LogP contribution in [0.1, 0.15) is 43.2 Å². The summed E-state index contributed by atoms with van der Waals surface area (Å²) in [6, 6.07) is 12.9. The van der Waals surface area contributed by atoms with Crippen LogP contribution in [0.25, 0.3) is 11.5 Å². The molecule has 0 saturated heterocycles. The summed E-state index contributed by atoms with van der Waals surface area (Å²) in [5.74, 6) is -1.56. The maximum Gasteiger partial charge on any atom is 0.417 e. The van der Waals surface area contributed by atoms with Crippen LogP contribution in [0.3, 0.4) is 0 Å². The molecule has 1 heterocycles. The van der Waals surface area contributed by atoms with Crippen molar-refractivity contribution in [3.05, 3.63) is 105 Å². The molecule has 0 atom stereocenters. The van der Waals surface area contributed by atoms with Gasteiger partial charge in [0.25, 0.3) is 5.91 Å². The first kappa shape index (κ1) is 25.6. The van der Waals surface area contributed by atoms with E-state index >= 15 is 0 Å². The van der Waals surface area contributed by atoms with Crippen LogP contribution in [-0.4, -0.2) is 27.7 Å². The van der Waals surface area contributed by atoms with Gasteiger partial charge in [-0.1, -0.05) is 29.8 Å². The van der Waals surface area contributed by atoms with Gasteiger partial charge in [0.05, 0.1) is 39.3 Å². The number of nitrogens with one attached hydrogen (secondary N) is 2. The number of aromatic nitrogens is 1. The molecule has 0 aliphatic rings. The highest BCUT2D eigenvalue weighted by Gasteiger charge is 2.36. The number of carboxylic acids is 1. The van der Waals surface area contributed by atoms with Gasteiger partial charge >= 0.3 is 12.1 Å². The standard InChI is InChI=1S/C26H17ClF3N3O4/c1-13-12-32-24(37-13)16-9-10-17(22(31)14-5-7-15(8-6-14)25(35)36)20(11-16)33-23(34)21-18(26(28,29)30)3-2-4-19(21)27/h2-12,31H,1H3,(H,33,34)(H,35,36). The summed E-state index contributed by atoms with van der Waals surface area (Å²) in [4.78, 5) is 28.4. The molecule has 0 aliphatic heterocycles. The van der Waals surface area contributed by atoms with Crippen LogP contribution in [0.4, 0.5) is 18.9 Å². The van der Waals surface area contributed by atoms with Gasteiger partial charge in [-0.05, 0) is 49.4 Å². The molecule has 0 spiro atoms. The average molecular weight is 528 g/mol. The van der Waals surface area contributed by atoms with Crippen molar-refractivity contribution < 1.29 is 32.3 Å². The van der Waals surface area contributed by atoms with Crippen molar-refractivity contribution in [2.45, 2.75) is 13.1 Å². The second-order valence-corrected chi connectivity index (χ2v) is 8.32. The number of carboxylic acid groups (broad SMARTS) is 1. The fourth-order valence-corrected chi connectivity index (χ4v) is 3.86. The molecule has 0 aliphatic carbocycles. The number of carbonyl (C=O) groups excluding carboxylic acids is 1. The van der Waals surface area contributed by atoms with Gasteiger partial charge in [0.1, 0.15) is 5.76 Å². The van der Waals surface area contributed by atoms with Crippen molar-refractivity contribution in [1.82, 2.24) is 4.98 Å². The van der Waals surface area contributed by atoms with E-state index < -0.39 is 34.2 Å². The van der Waals surface area contributed by atoms with Crippen molar-refractivity contribution in [3.8, 4) is 11.5 Å². The minimum atomic E-state index is -4.84. The molecule has 0 saturated carbocycles. The third kappa shape index (κ3) is 5.39. The van der Waals surface area contributed by atoms with Crippen molar-refractivity contribution in [2.24, 2.45) is 0 Å². The lowest BCUT2D eigenvalue weighted by atomic mass is 9.97. The van der Waals surface area contributed by atoms with Gasteiger partial charge in [0.15, 0.2) is 0 Å². The highest BCUT2D eigenvalue weighted by Crippen LogP contribution is 2.36. The Kier molecular flexibility index (Phi) is 6.86. The zero-order valence-electron chi connectivity index (χ0n) is 19.0. The summed E-state index contributed by atoms with van der Waals surface area (Å²) >= 11 is 5.99. The Hall–Kier alpha value is -4.44. The SMILES string of the molecule is Cc1cnc(-c2ccc(C(=N)c3ccc(C(=O)O)cc3)c(NC(=O)c3c(Cl)cccc3C(F)(F)F)c2)o1. The molecule has 3 aromatic carbocycles. The molecule has 0 unspecified atom stereocenters. The lowest BCUT2D eigenvalue weighted by molar-refractivity contribution is -0.137.